The number of benzene rings is 2. The molecule has 2 nitrogen and oxygen atoms in total. The molecule has 0 heterocycles. The largest absolute Gasteiger partial charge is 0.313 e. The van der Waals surface area contributed by atoms with Crippen molar-refractivity contribution >= 4 is 0 Å². The zero-order chi connectivity index (χ0) is 17.1. The average molecular weight is 330 g/mol. The van der Waals surface area contributed by atoms with Crippen LogP contribution in [0.1, 0.15) is 54.7 Å². The molecule has 2 saturated carbocycles. The number of rotatable bonds is 7. The Morgan fingerprint density at radius 2 is 1.80 bits per heavy atom. The van der Waals surface area contributed by atoms with Gasteiger partial charge in [-0.25, -0.2) is 0 Å². The third kappa shape index (κ3) is 3.78. The molecule has 2 atom stereocenters. The van der Waals surface area contributed by atoms with Crippen LogP contribution in [0.5, 0.6) is 0 Å². The highest BCUT2D eigenvalue weighted by Gasteiger charge is 2.42. The molecule has 25 heavy (non-hydrogen) atoms. The van der Waals surface area contributed by atoms with Gasteiger partial charge in [0.15, 0.2) is 0 Å². The van der Waals surface area contributed by atoms with E-state index >= 15 is 0 Å². The van der Waals surface area contributed by atoms with Gasteiger partial charge in [-0.3, -0.25) is 0 Å². The van der Waals surface area contributed by atoms with Gasteiger partial charge in [0.1, 0.15) is 0 Å². The molecule has 128 valence electrons. The van der Waals surface area contributed by atoms with Gasteiger partial charge in [0.25, 0.3) is 0 Å². The van der Waals surface area contributed by atoms with Gasteiger partial charge < -0.3 is 5.32 Å². The van der Waals surface area contributed by atoms with Gasteiger partial charge in [-0.15, -0.1) is 0 Å². The van der Waals surface area contributed by atoms with Crippen molar-refractivity contribution in [2.45, 2.75) is 50.5 Å². The lowest BCUT2D eigenvalue weighted by atomic mass is 9.65. The second-order valence-corrected chi connectivity index (χ2v) is 7.90. The smallest absolute Gasteiger partial charge is 0.0991 e. The highest BCUT2D eigenvalue weighted by Crippen LogP contribution is 2.46. The van der Waals surface area contributed by atoms with Crippen molar-refractivity contribution in [3.8, 4) is 6.07 Å². The second-order valence-electron chi connectivity index (χ2n) is 7.90. The number of nitrogens with one attached hydrogen (secondary N) is 1. The molecule has 1 N–H and O–H groups in total. The van der Waals surface area contributed by atoms with E-state index in [1.165, 1.54) is 43.2 Å². The van der Waals surface area contributed by atoms with E-state index in [4.69, 9.17) is 5.26 Å². The van der Waals surface area contributed by atoms with Crippen LogP contribution in [-0.2, 0) is 6.42 Å². The summed E-state index contributed by atoms with van der Waals surface area (Å²) in [5.74, 6) is 0.719. The lowest BCUT2D eigenvalue weighted by molar-refractivity contribution is 0.116. The Kier molecular flexibility index (Phi) is 4.59. The number of aryl methyl sites for hydroxylation is 1. The molecule has 1 unspecified atom stereocenters. The van der Waals surface area contributed by atoms with Crippen LogP contribution in [0.4, 0.5) is 0 Å². The van der Waals surface area contributed by atoms with E-state index in [0.717, 1.165) is 24.4 Å². The van der Waals surface area contributed by atoms with E-state index in [2.05, 4.69) is 53.9 Å². The van der Waals surface area contributed by atoms with Crippen LogP contribution in [0.25, 0.3) is 0 Å². The summed E-state index contributed by atoms with van der Waals surface area (Å²) in [6, 6.07) is 21.9. The van der Waals surface area contributed by atoms with Crippen molar-refractivity contribution in [3.63, 3.8) is 0 Å². The average Bonchev–Trinajstić information content (AvgIpc) is 3.41. The minimum absolute atomic E-state index is 0.498. The lowest BCUT2D eigenvalue weighted by Crippen LogP contribution is -2.41. The maximum absolute atomic E-state index is 8.91. The minimum Gasteiger partial charge on any atom is -0.313 e. The Hall–Kier alpha value is -2.11. The highest BCUT2D eigenvalue weighted by molar-refractivity contribution is 5.32. The Bertz CT molecular complexity index is 738. The predicted molar refractivity (Wildman–Crippen MR) is 101 cm³/mol. The van der Waals surface area contributed by atoms with Crippen LogP contribution in [0.15, 0.2) is 54.6 Å². The summed E-state index contributed by atoms with van der Waals surface area (Å²) >= 11 is 0. The summed E-state index contributed by atoms with van der Waals surface area (Å²) in [7, 11) is 0. The number of hydrogen-bond donors (Lipinski definition) is 1. The number of nitriles is 1. The SMILES string of the molecule is N#Cc1ccc(CCC2(CN[C@H]3CC3c3ccccc3)CCC2)cc1. The number of nitrogens with zero attached hydrogens (tertiary/aromatic N) is 1. The Morgan fingerprint density at radius 1 is 1.04 bits per heavy atom. The van der Waals surface area contributed by atoms with Gasteiger partial charge in [-0.2, -0.15) is 5.26 Å². The monoisotopic (exact) mass is 330 g/mol. The Balaban J connectivity index is 1.28. The van der Waals surface area contributed by atoms with Gasteiger partial charge in [0, 0.05) is 18.5 Å². The van der Waals surface area contributed by atoms with Crippen molar-refractivity contribution < 1.29 is 0 Å². The number of hydrogen-bond acceptors (Lipinski definition) is 2. The summed E-state index contributed by atoms with van der Waals surface area (Å²) in [5, 5.41) is 12.8. The third-order valence-corrected chi connectivity index (χ3v) is 6.20. The summed E-state index contributed by atoms with van der Waals surface area (Å²) in [6.45, 7) is 1.16. The van der Waals surface area contributed by atoms with Crippen LogP contribution in [-0.4, -0.2) is 12.6 Å². The second kappa shape index (κ2) is 7.02. The van der Waals surface area contributed by atoms with Crippen molar-refractivity contribution in [2.75, 3.05) is 6.54 Å². The molecular formula is C23H26N2. The molecule has 0 spiro atoms. The van der Waals surface area contributed by atoms with Crippen molar-refractivity contribution in [1.29, 1.82) is 5.26 Å². The first-order chi connectivity index (χ1) is 12.3. The molecule has 2 fully saturated rings. The van der Waals surface area contributed by atoms with Gasteiger partial charge in [-0.1, -0.05) is 48.9 Å². The topological polar surface area (TPSA) is 35.8 Å². The molecule has 2 aromatic carbocycles. The van der Waals surface area contributed by atoms with Crippen molar-refractivity contribution in [2.24, 2.45) is 5.41 Å². The third-order valence-electron chi connectivity index (χ3n) is 6.20. The maximum Gasteiger partial charge on any atom is 0.0991 e. The van der Waals surface area contributed by atoms with Crippen LogP contribution < -0.4 is 5.32 Å². The zero-order valence-corrected chi connectivity index (χ0v) is 14.7. The molecule has 4 rings (SSSR count). The fraction of sp³-hybridized carbons (Fsp3) is 0.435. The molecule has 2 aromatic rings. The molecule has 0 radical (unpaired) electrons. The van der Waals surface area contributed by atoms with E-state index in [1.54, 1.807) is 0 Å². The van der Waals surface area contributed by atoms with Crippen molar-refractivity contribution in [3.05, 3.63) is 71.3 Å². The first kappa shape index (κ1) is 16.4. The fourth-order valence-electron chi connectivity index (χ4n) is 4.18. The Labute approximate surface area is 150 Å². The molecule has 0 saturated heterocycles. The van der Waals surface area contributed by atoms with E-state index in [0.29, 0.717) is 11.5 Å². The first-order valence-corrected chi connectivity index (χ1v) is 9.55. The van der Waals surface area contributed by atoms with E-state index < -0.39 is 0 Å². The summed E-state index contributed by atoms with van der Waals surface area (Å²) in [6.07, 6.45) is 7.77. The van der Waals surface area contributed by atoms with Crippen LogP contribution in [0.3, 0.4) is 0 Å². The van der Waals surface area contributed by atoms with Gasteiger partial charge >= 0.3 is 0 Å². The molecular weight excluding hydrogens is 304 g/mol. The Morgan fingerprint density at radius 3 is 2.44 bits per heavy atom. The van der Waals surface area contributed by atoms with E-state index in [9.17, 15) is 0 Å². The summed E-state index contributed by atoms with van der Waals surface area (Å²) in [4.78, 5) is 0. The van der Waals surface area contributed by atoms with Crippen LogP contribution in [0.2, 0.25) is 0 Å². The van der Waals surface area contributed by atoms with E-state index in [-0.39, 0.29) is 0 Å². The quantitative estimate of drug-likeness (QED) is 0.791. The lowest BCUT2D eigenvalue weighted by Gasteiger charge is -2.42. The van der Waals surface area contributed by atoms with Gasteiger partial charge in [-0.05, 0) is 60.8 Å². The molecule has 0 amide bonds. The standard InChI is InChI=1S/C23H26N2/c24-16-19-9-7-18(8-10-19)11-14-23(12-4-13-23)17-25-22-15-21(22)20-5-2-1-3-6-20/h1-3,5-10,21-22,25H,4,11-15,17H2/t21?,22-/m0/s1. The first-order valence-electron chi connectivity index (χ1n) is 9.55. The summed E-state index contributed by atoms with van der Waals surface area (Å²) in [5.41, 5.74) is 4.10. The van der Waals surface area contributed by atoms with Gasteiger partial charge in [0.05, 0.1) is 11.6 Å². The van der Waals surface area contributed by atoms with Crippen LogP contribution in [0, 0.1) is 16.7 Å². The van der Waals surface area contributed by atoms with Crippen molar-refractivity contribution in [1.82, 2.24) is 5.32 Å². The maximum atomic E-state index is 8.91. The molecule has 2 aliphatic carbocycles. The molecule has 0 aliphatic heterocycles. The fourth-order valence-corrected chi connectivity index (χ4v) is 4.18. The molecule has 2 aliphatic rings. The van der Waals surface area contributed by atoms with E-state index in [1.807, 2.05) is 12.1 Å². The molecule has 2 heteroatoms. The molecule has 0 bridgehead atoms. The highest BCUT2D eigenvalue weighted by atomic mass is 15.0. The van der Waals surface area contributed by atoms with Gasteiger partial charge in [0.2, 0.25) is 0 Å². The van der Waals surface area contributed by atoms with Crippen LogP contribution >= 0.6 is 0 Å². The minimum atomic E-state index is 0.498. The predicted octanol–water partition coefficient (Wildman–Crippen LogP) is 4.81. The normalized spacial score (nSPS) is 23.5. The zero-order valence-electron chi connectivity index (χ0n) is 14.7. The summed E-state index contributed by atoms with van der Waals surface area (Å²) < 4.78 is 0. The molecule has 0 aromatic heterocycles.